The number of alkyl halides is 3. The van der Waals surface area contributed by atoms with E-state index >= 15 is 0 Å². The third-order valence-corrected chi connectivity index (χ3v) is 3.05. The fraction of sp³-hybridized carbons (Fsp3) is 0.100. The minimum atomic E-state index is -4.69. The lowest BCUT2D eigenvalue weighted by Gasteiger charge is -2.14. The highest BCUT2D eigenvalue weighted by molar-refractivity contribution is 6.40. The van der Waals surface area contributed by atoms with E-state index in [4.69, 9.17) is 40.5 Å². The summed E-state index contributed by atoms with van der Waals surface area (Å²) in [5, 5.41) is 3.64. The van der Waals surface area contributed by atoms with Crippen molar-refractivity contribution in [1.82, 2.24) is 9.78 Å². The molecule has 0 aliphatic heterocycles. The number of halogens is 6. The second-order valence-electron chi connectivity index (χ2n) is 3.58. The lowest BCUT2D eigenvalue weighted by atomic mass is 10.3. The van der Waals surface area contributed by atoms with Gasteiger partial charge in [0, 0.05) is 5.02 Å². The summed E-state index contributed by atoms with van der Waals surface area (Å²) < 4.78 is 39.3. The van der Waals surface area contributed by atoms with E-state index in [1.54, 1.807) is 0 Å². The highest BCUT2D eigenvalue weighted by Crippen LogP contribution is 2.39. The summed E-state index contributed by atoms with van der Waals surface area (Å²) >= 11 is 17.4. The fourth-order valence-electron chi connectivity index (χ4n) is 1.55. The molecule has 1 aromatic heterocycles. The van der Waals surface area contributed by atoms with E-state index < -0.39 is 17.6 Å². The Balaban J connectivity index is 2.74. The average Bonchev–Trinajstić information content (AvgIpc) is 2.57. The number of anilines is 1. The number of rotatable bonds is 1. The van der Waals surface area contributed by atoms with Gasteiger partial charge < -0.3 is 5.73 Å². The Morgan fingerprint density at radius 3 is 2.11 bits per heavy atom. The number of nitrogens with two attached hydrogens (primary N) is 1. The van der Waals surface area contributed by atoms with E-state index in [1.807, 2.05) is 0 Å². The smallest absolute Gasteiger partial charge is 0.396 e. The van der Waals surface area contributed by atoms with Crippen LogP contribution in [0.2, 0.25) is 15.1 Å². The quantitative estimate of drug-likeness (QED) is 0.840. The van der Waals surface area contributed by atoms with Crippen LogP contribution in [0.4, 0.5) is 18.9 Å². The zero-order chi connectivity index (χ0) is 14.4. The molecule has 3 nitrogen and oxygen atoms in total. The van der Waals surface area contributed by atoms with Gasteiger partial charge in [0.25, 0.3) is 0 Å². The first-order valence-electron chi connectivity index (χ1n) is 4.77. The number of nitrogen functional groups attached to an aromatic ring is 1. The molecule has 0 atom stereocenters. The van der Waals surface area contributed by atoms with Crippen molar-refractivity contribution in [2.24, 2.45) is 0 Å². The normalized spacial score (nSPS) is 11.9. The van der Waals surface area contributed by atoms with Crippen molar-refractivity contribution in [2.45, 2.75) is 6.18 Å². The monoisotopic (exact) mass is 329 g/mol. The summed E-state index contributed by atoms with van der Waals surface area (Å²) in [5.74, 6) is 0. The Hall–Kier alpha value is -1.11. The maximum atomic E-state index is 12.9. The molecule has 0 unspecified atom stereocenters. The van der Waals surface area contributed by atoms with Gasteiger partial charge >= 0.3 is 6.18 Å². The first-order chi connectivity index (χ1) is 8.71. The topological polar surface area (TPSA) is 43.8 Å². The molecule has 0 spiro atoms. The maximum absolute atomic E-state index is 12.9. The van der Waals surface area contributed by atoms with Crippen LogP contribution in [-0.2, 0) is 6.18 Å². The molecule has 0 radical (unpaired) electrons. The summed E-state index contributed by atoms with van der Waals surface area (Å²) in [6.07, 6.45) is -3.81. The molecule has 2 rings (SSSR count). The van der Waals surface area contributed by atoms with Crippen LogP contribution >= 0.6 is 34.8 Å². The Labute approximate surface area is 120 Å². The number of aromatic nitrogens is 2. The van der Waals surface area contributed by atoms with Crippen LogP contribution in [0.3, 0.4) is 0 Å². The van der Waals surface area contributed by atoms with E-state index in [-0.39, 0.29) is 20.8 Å². The van der Waals surface area contributed by atoms with Crippen molar-refractivity contribution in [2.75, 3.05) is 5.73 Å². The molecule has 0 saturated heterocycles. The Bertz CT molecular complexity index is 614. The van der Waals surface area contributed by atoms with Crippen LogP contribution in [0.25, 0.3) is 5.69 Å². The standard InChI is InChI=1S/C10H5Cl3F3N3/c11-4-1-5(12)8(6(13)2-4)19-9(10(14,15)16)7(17)3-18-19/h1-3H,17H2. The van der Waals surface area contributed by atoms with Crippen LogP contribution in [0.15, 0.2) is 18.3 Å². The Morgan fingerprint density at radius 1 is 1.11 bits per heavy atom. The molecular weight excluding hydrogens is 325 g/mol. The predicted octanol–water partition coefficient (Wildman–Crippen LogP) is 4.43. The van der Waals surface area contributed by atoms with Crippen molar-refractivity contribution < 1.29 is 13.2 Å². The average molecular weight is 331 g/mol. The van der Waals surface area contributed by atoms with Gasteiger partial charge in [0.15, 0.2) is 5.69 Å². The van der Waals surface area contributed by atoms with Gasteiger partial charge in [-0.2, -0.15) is 18.3 Å². The molecule has 0 aliphatic rings. The first-order valence-corrected chi connectivity index (χ1v) is 5.91. The minimum Gasteiger partial charge on any atom is -0.396 e. The van der Waals surface area contributed by atoms with Crippen LogP contribution in [0, 0.1) is 0 Å². The third-order valence-electron chi connectivity index (χ3n) is 2.26. The van der Waals surface area contributed by atoms with Gasteiger partial charge in [0.2, 0.25) is 0 Å². The van der Waals surface area contributed by atoms with Crippen molar-refractivity contribution >= 4 is 40.5 Å². The van der Waals surface area contributed by atoms with Gasteiger partial charge in [-0.3, -0.25) is 0 Å². The van der Waals surface area contributed by atoms with Gasteiger partial charge in [-0.05, 0) is 12.1 Å². The molecule has 1 heterocycles. The SMILES string of the molecule is Nc1cnn(-c2c(Cl)cc(Cl)cc2Cl)c1C(F)(F)F. The zero-order valence-electron chi connectivity index (χ0n) is 8.97. The van der Waals surface area contributed by atoms with E-state index in [0.717, 1.165) is 6.20 Å². The van der Waals surface area contributed by atoms with E-state index in [2.05, 4.69) is 5.10 Å². The van der Waals surface area contributed by atoms with Crippen LogP contribution < -0.4 is 5.73 Å². The highest BCUT2D eigenvalue weighted by Gasteiger charge is 2.38. The van der Waals surface area contributed by atoms with Crippen molar-refractivity contribution in [3.8, 4) is 5.69 Å². The molecule has 0 amide bonds. The number of benzene rings is 1. The fourth-order valence-corrected chi connectivity index (χ4v) is 2.53. The van der Waals surface area contributed by atoms with E-state index in [1.165, 1.54) is 12.1 Å². The van der Waals surface area contributed by atoms with Crippen LogP contribution in [-0.4, -0.2) is 9.78 Å². The molecule has 0 bridgehead atoms. The van der Waals surface area contributed by atoms with E-state index in [9.17, 15) is 13.2 Å². The predicted molar refractivity (Wildman–Crippen MR) is 68.0 cm³/mol. The summed E-state index contributed by atoms with van der Waals surface area (Å²) in [6, 6.07) is 2.53. The lowest BCUT2D eigenvalue weighted by Crippen LogP contribution is -2.15. The lowest BCUT2D eigenvalue weighted by molar-refractivity contribution is -0.142. The van der Waals surface area contributed by atoms with Crippen molar-refractivity contribution in [3.63, 3.8) is 0 Å². The Morgan fingerprint density at radius 2 is 1.63 bits per heavy atom. The molecule has 0 aliphatic carbocycles. The molecule has 0 saturated carbocycles. The molecule has 1 aromatic carbocycles. The highest BCUT2D eigenvalue weighted by atomic mass is 35.5. The van der Waals surface area contributed by atoms with Crippen molar-refractivity contribution in [1.29, 1.82) is 0 Å². The van der Waals surface area contributed by atoms with Crippen LogP contribution in [0.1, 0.15) is 5.69 Å². The molecule has 2 N–H and O–H groups in total. The van der Waals surface area contributed by atoms with Crippen molar-refractivity contribution in [3.05, 3.63) is 39.1 Å². The molecule has 102 valence electrons. The number of hydrogen-bond donors (Lipinski definition) is 1. The second-order valence-corrected chi connectivity index (χ2v) is 4.83. The largest absolute Gasteiger partial charge is 0.435 e. The van der Waals surface area contributed by atoms with Gasteiger partial charge in [-0.25, -0.2) is 4.68 Å². The number of hydrogen-bond acceptors (Lipinski definition) is 2. The maximum Gasteiger partial charge on any atom is 0.435 e. The van der Waals surface area contributed by atoms with Gasteiger partial charge in [0.1, 0.15) is 5.69 Å². The van der Waals surface area contributed by atoms with Crippen LogP contribution in [0.5, 0.6) is 0 Å². The molecule has 9 heteroatoms. The first kappa shape index (κ1) is 14.3. The molecular formula is C10H5Cl3F3N3. The van der Waals surface area contributed by atoms with E-state index in [0.29, 0.717) is 4.68 Å². The van der Waals surface area contributed by atoms with Gasteiger partial charge in [-0.15, -0.1) is 0 Å². The zero-order valence-corrected chi connectivity index (χ0v) is 11.2. The summed E-state index contributed by atoms with van der Waals surface area (Å²) in [4.78, 5) is 0. The Kier molecular flexibility index (Phi) is 3.59. The summed E-state index contributed by atoms with van der Waals surface area (Å²) in [7, 11) is 0. The number of nitrogens with zero attached hydrogens (tertiary/aromatic N) is 2. The third kappa shape index (κ3) is 2.61. The summed E-state index contributed by atoms with van der Waals surface area (Å²) in [5.41, 5.74) is 3.49. The second kappa shape index (κ2) is 4.77. The molecule has 0 fully saturated rings. The molecule has 19 heavy (non-hydrogen) atoms. The minimum absolute atomic E-state index is 0.0638. The van der Waals surface area contributed by atoms with Gasteiger partial charge in [-0.1, -0.05) is 34.8 Å². The summed E-state index contributed by atoms with van der Waals surface area (Å²) in [6.45, 7) is 0. The van der Waals surface area contributed by atoms with Gasteiger partial charge in [0.05, 0.1) is 21.9 Å². The molecule has 2 aromatic rings.